The van der Waals surface area contributed by atoms with E-state index < -0.39 is 0 Å². The van der Waals surface area contributed by atoms with E-state index in [0.717, 1.165) is 19.5 Å². The number of hydrogen-bond acceptors (Lipinski definition) is 4. The molecule has 0 saturated carbocycles. The lowest BCUT2D eigenvalue weighted by atomic mass is 10.0. The van der Waals surface area contributed by atoms with Crippen molar-refractivity contribution >= 4 is 11.7 Å². The Balaban J connectivity index is 1.60. The molecule has 0 unspecified atom stereocenters. The van der Waals surface area contributed by atoms with Gasteiger partial charge < -0.3 is 9.64 Å². The number of hydrogen-bond donors (Lipinski definition) is 0. The van der Waals surface area contributed by atoms with Crippen molar-refractivity contribution in [2.75, 3.05) is 25.1 Å². The van der Waals surface area contributed by atoms with Gasteiger partial charge in [0.2, 0.25) is 0 Å². The highest BCUT2D eigenvalue weighted by Gasteiger charge is 2.41. The molecule has 1 saturated heterocycles. The van der Waals surface area contributed by atoms with Gasteiger partial charge in [0.25, 0.3) is 0 Å². The zero-order valence-corrected chi connectivity index (χ0v) is 13.9. The predicted octanol–water partition coefficient (Wildman–Crippen LogP) is 2.48. The highest BCUT2D eigenvalue weighted by molar-refractivity contribution is 5.77. The van der Waals surface area contributed by atoms with Gasteiger partial charge >= 0.3 is 5.97 Å². The molecule has 0 N–H and O–H groups in total. The van der Waals surface area contributed by atoms with E-state index in [0.29, 0.717) is 12.6 Å². The second-order valence-electron chi connectivity index (χ2n) is 6.59. The number of carbonyl (C=O) groups is 1. The molecule has 0 aromatic heterocycles. The first-order valence-electron chi connectivity index (χ1n) is 8.46. The van der Waals surface area contributed by atoms with Crippen molar-refractivity contribution in [2.24, 2.45) is 0 Å². The maximum absolute atomic E-state index is 12.4. The average molecular weight is 322 g/mol. The number of carbonyl (C=O) groups excluding carboxylic acids is 1. The summed E-state index contributed by atoms with van der Waals surface area (Å²) in [6.07, 6.45) is 1.05. The van der Waals surface area contributed by atoms with E-state index in [-0.39, 0.29) is 12.0 Å². The Labute approximate surface area is 142 Å². The van der Waals surface area contributed by atoms with Crippen LogP contribution in [0, 0.1) is 0 Å². The van der Waals surface area contributed by atoms with Crippen molar-refractivity contribution in [1.82, 2.24) is 4.90 Å². The van der Waals surface area contributed by atoms with Gasteiger partial charge in [-0.05, 0) is 23.6 Å². The number of methoxy groups -OCH3 is 1. The number of anilines is 1. The summed E-state index contributed by atoms with van der Waals surface area (Å²) < 4.78 is 5.09. The Kier molecular flexibility index (Phi) is 3.98. The molecule has 2 aromatic rings. The van der Waals surface area contributed by atoms with Crippen LogP contribution in [0.2, 0.25) is 0 Å². The molecule has 2 aromatic carbocycles. The quantitative estimate of drug-likeness (QED) is 0.813. The largest absolute Gasteiger partial charge is 0.468 e. The summed E-state index contributed by atoms with van der Waals surface area (Å²) in [5, 5.41) is 0. The van der Waals surface area contributed by atoms with Gasteiger partial charge in [-0.2, -0.15) is 0 Å². The van der Waals surface area contributed by atoms with Crippen LogP contribution in [0.25, 0.3) is 0 Å². The van der Waals surface area contributed by atoms with Crippen LogP contribution in [-0.4, -0.2) is 43.2 Å². The van der Waals surface area contributed by atoms with Crippen LogP contribution in [0.3, 0.4) is 0 Å². The van der Waals surface area contributed by atoms with Gasteiger partial charge in [0.05, 0.1) is 7.11 Å². The topological polar surface area (TPSA) is 32.8 Å². The van der Waals surface area contributed by atoms with E-state index in [9.17, 15) is 4.79 Å². The Hall–Kier alpha value is -2.33. The minimum Gasteiger partial charge on any atom is -0.468 e. The summed E-state index contributed by atoms with van der Waals surface area (Å²) in [5.41, 5.74) is 3.89. The second kappa shape index (κ2) is 6.29. The number of para-hydroxylation sites is 1. The zero-order valence-electron chi connectivity index (χ0n) is 13.9. The molecule has 124 valence electrons. The molecule has 4 rings (SSSR count). The smallest absolute Gasteiger partial charge is 0.324 e. The summed E-state index contributed by atoms with van der Waals surface area (Å²) in [7, 11) is 1.48. The molecule has 0 bridgehead atoms. The van der Waals surface area contributed by atoms with Crippen LogP contribution in [-0.2, 0) is 22.5 Å². The van der Waals surface area contributed by atoms with Crippen molar-refractivity contribution in [3.05, 3.63) is 65.7 Å². The highest BCUT2D eigenvalue weighted by atomic mass is 16.5. The van der Waals surface area contributed by atoms with Crippen molar-refractivity contribution in [3.63, 3.8) is 0 Å². The molecule has 0 spiro atoms. The standard InChI is InChI=1S/C20H22N2O2/c1-24-20(23)19-14-22-17(11-16-9-5-6-10-18(16)22)13-21(19)12-15-7-3-2-4-8-15/h2-10,17,19H,11-14H2,1H3/t17-,19-/m0/s1. The molecule has 2 heterocycles. The van der Waals surface area contributed by atoms with Crippen LogP contribution in [0.15, 0.2) is 54.6 Å². The van der Waals surface area contributed by atoms with Crippen LogP contribution in [0.5, 0.6) is 0 Å². The summed E-state index contributed by atoms with van der Waals surface area (Å²) in [6, 6.07) is 19.1. The molecule has 4 heteroatoms. The monoisotopic (exact) mass is 322 g/mol. The van der Waals surface area contributed by atoms with Crippen molar-refractivity contribution in [2.45, 2.75) is 25.0 Å². The van der Waals surface area contributed by atoms with Gasteiger partial charge in [0.1, 0.15) is 6.04 Å². The van der Waals surface area contributed by atoms with E-state index in [1.165, 1.54) is 23.9 Å². The fourth-order valence-corrected chi connectivity index (χ4v) is 3.99. The third-order valence-electron chi connectivity index (χ3n) is 5.15. The number of fused-ring (bicyclic) bond motifs is 3. The van der Waals surface area contributed by atoms with Crippen LogP contribution < -0.4 is 4.90 Å². The molecule has 2 aliphatic rings. The van der Waals surface area contributed by atoms with E-state index in [1.807, 2.05) is 18.2 Å². The first-order chi connectivity index (χ1) is 11.8. The lowest BCUT2D eigenvalue weighted by Crippen LogP contribution is -2.59. The summed E-state index contributed by atoms with van der Waals surface area (Å²) in [5.74, 6) is -0.145. The van der Waals surface area contributed by atoms with E-state index in [1.54, 1.807) is 0 Å². The Morgan fingerprint density at radius 1 is 1.08 bits per heavy atom. The van der Waals surface area contributed by atoms with E-state index >= 15 is 0 Å². The molecule has 1 fully saturated rings. The lowest BCUT2D eigenvalue weighted by Gasteiger charge is -2.43. The number of ether oxygens (including phenoxy) is 1. The summed E-state index contributed by atoms with van der Waals surface area (Å²) >= 11 is 0. The number of esters is 1. The molecule has 4 nitrogen and oxygen atoms in total. The van der Waals surface area contributed by atoms with Crippen LogP contribution in [0.4, 0.5) is 5.69 Å². The molecule has 2 atom stereocenters. The first-order valence-corrected chi connectivity index (χ1v) is 8.46. The van der Waals surface area contributed by atoms with Crippen molar-refractivity contribution in [3.8, 4) is 0 Å². The molecule has 2 aliphatic heterocycles. The normalized spacial score (nSPS) is 22.8. The van der Waals surface area contributed by atoms with E-state index in [4.69, 9.17) is 4.74 Å². The minimum atomic E-state index is -0.224. The first kappa shape index (κ1) is 15.2. The summed E-state index contributed by atoms with van der Waals surface area (Å²) in [4.78, 5) is 17.0. The van der Waals surface area contributed by atoms with Gasteiger partial charge in [-0.15, -0.1) is 0 Å². The molecule has 0 radical (unpaired) electrons. The van der Waals surface area contributed by atoms with Gasteiger partial charge in [-0.3, -0.25) is 9.69 Å². The van der Waals surface area contributed by atoms with Crippen LogP contribution >= 0.6 is 0 Å². The fraction of sp³-hybridized carbons (Fsp3) is 0.350. The molecular weight excluding hydrogens is 300 g/mol. The number of rotatable bonds is 3. The minimum absolute atomic E-state index is 0.145. The number of piperazine rings is 1. The number of benzene rings is 2. The fourth-order valence-electron chi connectivity index (χ4n) is 3.99. The zero-order chi connectivity index (χ0) is 16.5. The SMILES string of the molecule is COC(=O)[C@@H]1CN2c3ccccc3C[C@H]2CN1Cc1ccccc1. The predicted molar refractivity (Wildman–Crippen MR) is 93.9 cm³/mol. The number of nitrogens with zero attached hydrogens (tertiary/aromatic N) is 2. The highest BCUT2D eigenvalue weighted by Crippen LogP contribution is 2.35. The Morgan fingerprint density at radius 2 is 1.83 bits per heavy atom. The van der Waals surface area contributed by atoms with Crippen molar-refractivity contribution in [1.29, 1.82) is 0 Å². The third kappa shape index (κ3) is 2.67. The maximum atomic E-state index is 12.4. The van der Waals surface area contributed by atoms with Gasteiger partial charge in [0, 0.05) is 31.4 Å². The maximum Gasteiger partial charge on any atom is 0.324 e. The molecule has 0 aliphatic carbocycles. The van der Waals surface area contributed by atoms with Gasteiger partial charge in [-0.25, -0.2) is 0 Å². The van der Waals surface area contributed by atoms with Gasteiger partial charge in [-0.1, -0.05) is 48.5 Å². The summed E-state index contributed by atoms with van der Waals surface area (Å²) in [6.45, 7) is 2.35. The van der Waals surface area contributed by atoms with Crippen LogP contribution in [0.1, 0.15) is 11.1 Å². The molecular formula is C20H22N2O2. The lowest BCUT2D eigenvalue weighted by molar-refractivity contribution is -0.147. The Bertz CT molecular complexity index is 731. The molecule has 24 heavy (non-hydrogen) atoms. The Morgan fingerprint density at radius 3 is 2.62 bits per heavy atom. The second-order valence-corrected chi connectivity index (χ2v) is 6.59. The van der Waals surface area contributed by atoms with Gasteiger partial charge in [0.15, 0.2) is 0 Å². The average Bonchev–Trinajstić information content (AvgIpc) is 2.98. The molecule has 0 amide bonds. The third-order valence-corrected chi connectivity index (χ3v) is 5.15. The van der Waals surface area contributed by atoms with E-state index in [2.05, 4.69) is 46.2 Å². The van der Waals surface area contributed by atoms with Crippen molar-refractivity contribution < 1.29 is 9.53 Å².